The number of hydrogen-bond acceptors (Lipinski definition) is 32. The maximum atomic E-state index is 14.5. The molecule has 706 valence electrons. The van der Waals surface area contributed by atoms with E-state index in [9.17, 15) is 72.3 Å². The van der Waals surface area contributed by atoms with Gasteiger partial charge in [0.05, 0.1) is 82.2 Å². The molecule has 3 aromatic carbocycles. The summed E-state index contributed by atoms with van der Waals surface area (Å²) < 4.78 is 95.6. The van der Waals surface area contributed by atoms with Crippen molar-refractivity contribution in [3.05, 3.63) is 183 Å². The van der Waals surface area contributed by atoms with Crippen LogP contribution in [0.4, 0.5) is 36.7 Å². The number of rotatable bonds is 23. The number of aliphatic hydroxyl groups is 5. The van der Waals surface area contributed by atoms with E-state index in [1.54, 1.807) is 113 Å². The van der Waals surface area contributed by atoms with Crippen LogP contribution in [0, 0.1) is 11.8 Å². The lowest BCUT2D eigenvalue weighted by atomic mass is 10.1. The Hall–Kier alpha value is -12.8. The molecule has 4 amide bonds. The van der Waals surface area contributed by atoms with E-state index in [1.807, 2.05) is 57.2 Å². The summed E-state index contributed by atoms with van der Waals surface area (Å²) in [6, 6.07) is 25.0. The maximum absolute atomic E-state index is 14.5. The Morgan fingerprint density at radius 3 is 1.17 bits per heavy atom. The first kappa shape index (κ1) is 96.3. The Morgan fingerprint density at radius 2 is 0.782 bits per heavy atom. The fraction of sp³-hybridized carbons (Fsp3) is 0.447. The number of aromatic amines is 3. The Balaban J connectivity index is 0.000000135. The van der Waals surface area contributed by atoms with Gasteiger partial charge in [-0.25, -0.2) is 63.0 Å². The van der Waals surface area contributed by atoms with Gasteiger partial charge in [-0.05, 0) is 74.1 Å². The van der Waals surface area contributed by atoms with Crippen LogP contribution in [0.2, 0.25) is 0 Å². The predicted octanol–water partition coefficient (Wildman–Crippen LogP) is 6.83. The molecule has 1 unspecified atom stereocenters. The monoisotopic (exact) mass is 1860 g/mol. The largest absolute Gasteiger partial charge is 0.497 e. The van der Waals surface area contributed by atoms with Gasteiger partial charge in [0, 0.05) is 32.4 Å². The number of carbonyl (C=O) groups is 4. The molecule has 15 heterocycles. The number of H-pyrrole nitrogens is 3. The highest BCUT2D eigenvalue weighted by Gasteiger charge is 2.50. The van der Waals surface area contributed by atoms with Crippen LogP contribution in [0.1, 0.15) is 152 Å². The fourth-order valence-corrected chi connectivity index (χ4v) is 15.6. The van der Waals surface area contributed by atoms with Gasteiger partial charge in [0.25, 0.3) is 28.5 Å². The van der Waals surface area contributed by atoms with E-state index in [1.165, 1.54) is 58.0 Å². The SMILES string of the molecule is CC[C@H]1O[C@@H](n2cnc3c(=O)[nH]c(NC(=O)C(C)C)nc32)[C@H](F)[C@@H]1O.CC[C@H]1O[C@@H](n2cnc3c(=O)[nH]c(NC(=O)C(C)C)nc32)[C@H](OCc2ccc(OC)cc2)[C@@H]1O.CC[C@H]1O[C@@H](n2cnc3c(=O)[nH]cnc32)[C@H](F)[C@@H]1O.CC[C@H]1O[C@@H](n2cnc3c(NC(=O)c4ccccc4)ncnc32)[C@H](F)[C@@H]1O.CC[C@H]1O[C@@H](n2cnc3c(NC(=O)c4ccccc4)ncnc32)[C@H](OP)[C@@H]1O. The number of carbonyl (C=O) groups excluding carboxylic acids is 4. The molecule has 21 atom stereocenters. The molecule has 5 fully saturated rings. The highest BCUT2D eigenvalue weighted by Crippen LogP contribution is 2.41. The highest BCUT2D eigenvalue weighted by molar-refractivity contribution is 7.09. The number of methoxy groups -OCH3 is 1. The number of amides is 4. The van der Waals surface area contributed by atoms with Crippen LogP contribution in [-0.2, 0) is 49.1 Å². The Kier molecular flexibility index (Phi) is 30.7. The van der Waals surface area contributed by atoms with Crippen LogP contribution in [0.25, 0.3) is 55.8 Å². The third-order valence-corrected chi connectivity index (χ3v) is 23.0. The van der Waals surface area contributed by atoms with Crippen LogP contribution in [-0.4, -0.2) is 246 Å². The number of aliphatic hydroxyl groups excluding tert-OH is 5. The van der Waals surface area contributed by atoms with Crippen molar-refractivity contribution in [3.8, 4) is 5.75 Å². The van der Waals surface area contributed by atoms with Crippen molar-refractivity contribution in [1.29, 1.82) is 0 Å². The number of halogens is 3. The summed E-state index contributed by atoms with van der Waals surface area (Å²) in [6.45, 7) is 16.3. The minimum absolute atomic E-state index is 0.00668. The first-order valence-electron chi connectivity index (χ1n) is 42.8. The van der Waals surface area contributed by atoms with E-state index in [0.717, 1.165) is 11.3 Å². The molecule has 12 N–H and O–H groups in total. The summed E-state index contributed by atoms with van der Waals surface area (Å²) in [6.07, 6.45) is -5.40. The van der Waals surface area contributed by atoms with Crippen molar-refractivity contribution in [2.75, 3.05) is 28.4 Å². The van der Waals surface area contributed by atoms with Gasteiger partial charge in [-0.3, -0.25) is 77.0 Å². The molecule has 44 nitrogen and oxygen atoms in total. The summed E-state index contributed by atoms with van der Waals surface area (Å²) in [7, 11) is 3.77. The quantitative estimate of drug-likeness (QED) is 0.0292. The van der Waals surface area contributed by atoms with E-state index in [2.05, 4.69) is 105 Å². The van der Waals surface area contributed by atoms with Gasteiger partial charge in [0.15, 0.2) is 117 Å². The molecule has 0 aliphatic carbocycles. The average molecular weight is 1870 g/mol. The molecule has 0 spiro atoms. The van der Waals surface area contributed by atoms with Gasteiger partial charge >= 0.3 is 0 Å². The molecule has 10 aromatic heterocycles. The minimum Gasteiger partial charge on any atom is -0.497 e. The lowest BCUT2D eigenvalue weighted by molar-refractivity contribution is -0.119. The molecule has 18 rings (SSSR count). The fourth-order valence-electron chi connectivity index (χ4n) is 15.3. The molecular formula is C85H100F3N24O20P. The number of benzene rings is 3. The van der Waals surface area contributed by atoms with Gasteiger partial charge < -0.3 is 78.8 Å². The summed E-state index contributed by atoms with van der Waals surface area (Å²) in [5, 5.41) is 61.5. The van der Waals surface area contributed by atoms with Gasteiger partial charge in [-0.1, -0.05) is 111 Å². The molecule has 13 aromatic rings. The van der Waals surface area contributed by atoms with Crippen LogP contribution < -0.4 is 42.7 Å². The number of hydrogen-bond donors (Lipinski definition) is 12. The Morgan fingerprint density at radius 1 is 0.436 bits per heavy atom. The maximum Gasteiger partial charge on any atom is 0.280 e. The summed E-state index contributed by atoms with van der Waals surface area (Å²) in [5.74, 6) is -0.632. The second-order valence-electron chi connectivity index (χ2n) is 31.9. The molecule has 5 saturated heterocycles. The third-order valence-electron chi connectivity index (χ3n) is 22.7. The second kappa shape index (κ2) is 42.4. The molecule has 0 radical (unpaired) electrons. The highest BCUT2D eigenvalue weighted by atomic mass is 31.0. The van der Waals surface area contributed by atoms with E-state index >= 15 is 0 Å². The van der Waals surface area contributed by atoms with Crippen molar-refractivity contribution in [2.24, 2.45) is 11.8 Å². The Labute approximate surface area is 755 Å². The van der Waals surface area contributed by atoms with Crippen molar-refractivity contribution in [1.82, 2.24) is 97.6 Å². The smallest absolute Gasteiger partial charge is 0.280 e. The summed E-state index contributed by atoms with van der Waals surface area (Å²) in [5.41, 5.74) is 2.67. The van der Waals surface area contributed by atoms with Gasteiger partial charge in [-0.2, -0.15) is 9.97 Å². The third kappa shape index (κ3) is 20.4. The van der Waals surface area contributed by atoms with Crippen molar-refractivity contribution in [3.63, 3.8) is 0 Å². The topological polar surface area (TPSA) is 569 Å². The first-order valence-corrected chi connectivity index (χ1v) is 43.2. The number of nitrogens with one attached hydrogen (secondary N) is 7. The minimum atomic E-state index is -1.68. The van der Waals surface area contributed by atoms with E-state index in [-0.39, 0.29) is 99.4 Å². The lowest BCUT2D eigenvalue weighted by Gasteiger charge is -2.22. The van der Waals surface area contributed by atoms with E-state index < -0.39 is 133 Å². The number of aromatic nitrogens is 20. The van der Waals surface area contributed by atoms with Crippen LogP contribution in [0.3, 0.4) is 0 Å². The molecule has 48 heteroatoms. The second-order valence-corrected chi connectivity index (χ2v) is 32.2. The van der Waals surface area contributed by atoms with E-state index in [0.29, 0.717) is 71.4 Å². The number of nitrogens with zero attached hydrogens (tertiary/aromatic N) is 17. The van der Waals surface area contributed by atoms with Crippen molar-refractivity contribution >= 4 is 112 Å². The number of alkyl halides is 3. The average Bonchev–Trinajstić information content (AvgIpc) is 1.63. The van der Waals surface area contributed by atoms with Crippen molar-refractivity contribution < 1.29 is 95.6 Å². The number of imidazole rings is 5. The standard InChI is InChI=1S/C23H29N5O6.C18H18FN5O3.C18H20N5O4P.C15H20FN5O4.C11H13FN4O3/c1-5-15-17(29)18(33-10-13-6-8-14(32-4)9-7-13)22(34-15)28-11-24-16-19(28)25-23(27-21(16)31)26-20(30)12(2)3;1-2-11-14(25)12(19)18(27-11)24-9-22-13-15(20-8-21-16(13)24)23-17(26)10-6-4-3-5-7-10;1-2-11-13(24)14(27-28)18(26-11)23-9-21-12-15(19-8-20-16(12)23)22-17(25)10-6-4-3-5-7-10;1-4-7-10(22)8(16)14(25-7)21-5-17-9-11(21)18-15(20-13(9)24)19-12(23)6(2)3;1-2-5-8(17)6(12)11(19-5)16-4-15-7-9(16)13-3-14-10(7)18/h6-9,11-12,15,17-18,22,29H,5,10H2,1-4H3,(H2,25,26,27,30,31);3-9,11-12,14,18,25H,2H2,1H3,(H,20,21,23,26);3-9,11,13-14,18,24H,2,28H2,1H3,(H,19,20,22,25);5-8,10,14,22H,4H2,1-3H3,(H2,18,19,20,23,24);3-6,8,11,17H,2H2,1H3,(H,13,14,18)/t15-,17-,18-,22-;11-,12-,14-,18-;11-,13-,14-,18-;7-,8-,10-,14-;5-,6-,8-,11-/m11111/s1. The molecule has 0 bridgehead atoms. The molecular weight excluding hydrogens is 1770 g/mol. The van der Waals surface area contributed by atoms with E-state index in [4.69, 9.17) is 37.7 Å². The van der Waals surface area contributed by atoms with Crippen molar-refractivity contribution in [2.45, 2.75) is 224 Å². The van der Waals surface area contributed by atoms with Crippen LogP contribution in [0.15, 0.2) is 150 Å². The van der Waals surface area contributed by atoms with Gasteiger partial charge in [0.1, 0.15) is 61.1 Å². The zero-order valence-corrected chi connectivity index (χ0v) is 74.5. The Bertz CT molecular complexity index is 6410. The molecule has 133 heavy (non-hydrogen) atoms. The number of anilines is 4. The zero-order chi connectivity index (χ0) is 94.9. The predicted molar refractivity (Wildman–Crippen MR) is 473 cm³/mol. The molecule has 0 saturated carbocycles. The van der Waals surface area contributed by atoms with Gasteiger partial charge in [0.2, 0.25) is 23.7 Å². The zero-order valence-electron chi connectivity index (χ0n) is 73.3. The van der Waals surface area contributed by atoms with Gasteiger partial charge in [-0.15, -0.1) is 0 Å². The summed E-state index contributed by atoms with van der Waals surface area (Å²) in [4.78, 5) is 142. The summed E-state index contributed by atoms with van der Waals surface area (Å²) >= 11 is 0. The van der Waals surface area contributed by atoms with Crippen LogP contribution in [0.5, 0.6) is 5.75 Å². The van der Waals surface area contributed by atoms with Crippen LogP contribution >= 0.6 is 9.47 Å². The first-order chi connectivity index (χ1) is 64.0. The molecule has 5 aliphatic rings. The normalized spacial score (nSPS) is 25.4. The lowest BCUT2D eigenvalue weighted by Crippen LogP contribution is -2.34. The number of fused-ring (bicyclic) bond motifs is 5. The molecule has 5 aliphatic heterocycles. The number of ether oxygens (including phenoxy) is 7.